The number of aromatic amines is 1. The molecule has 4 nitrogen and oxygen atoms in total. The molecule has 1 aromatic heterocycles. The van der Waals surface area contributed by atoms with Crippen LogP contribution in [-0.4, -0.2) is 19.9 Å². The molecule has 1 heterocycles. The summed E-state index contributed by atoms with van der Waals surface area (Å²) in [6.45, 7) is 0. The number of nitrogens with one attached hydrogen (secondary N) is 1. The number of aryl methyl sites for hydroxylation is 1. The molecule has 0 saturated carbocycles. The number of rotatable bonds is 5. The van der Waals surface area contributed by atoms with Gasteiger partial charge in [0.15, 0.2) is 0 Å². The van der Waals surface area contributed by atoms with Crippen molar-refractivity contribution in [1.82, 2.24) is 9.97 Å². The van der Waals surface area contributed by atoms with E-state index in [0.717, 1.165) is 22.4 Å². The number of benzene rings is 2. The third kappa shape index (κ3) is 3.49. The Morgan fingerprint density at radius 1 is 1.14 bits per heavy atom. The molecule has 1 unspecified atom stereocenters. The van der Waals surface area contributed by atoms with Crippen LogP contribution in [0.1, 0.15) is 11.4 Å². The zero-order valence-corrected chi connectivity index (χ0v) is 12.4. The van der Waals surface area contributed by atoms with Crippen LogP contribution in [0.5, 0.6) is 0 Å². The molecule has 1 atom stereocenters. The van der Waals surface area contributed by atoms with Gasteiger partial charge in [0.05, 0.1) is 11.0 Å². The number of nitrogen functional groups attached to an aromatic ring is 1. The first-order valence-electron chi connectivity index (χ1n) is 6.84. The summed E-state index contributed by atoms with van der Waals surface area (Å²) in [6.07, 6.45) is 0.675. The summed E-state index contributed by atoms with van der Waals surface area (Å²) in [6, 6.07) is 15.5. The number of nitrogens with zero attached hydrogens (tertiary/aromatic N) is 1. The fraction of sp³-hybridized carbons (Fsp3) is 0.188. The van der Waals surface area contributed by atoms with E-state index in [0.29, 0.717) is 23.6 Å². The van der Waals surface area contributed by atoms with Gasteiger partial charge in [-0.1, -0.05) is 30.3 Å². The minimum atomic E-state index is -0.882. The first-order valence-corrected chi connectivity index (χ1v) is 8.32. The largest absolute Gasteiger partial charge is 0.399 e. The maximum absolute atomic E-state index is 12.1. The van der Waals surface area contributed by atoms with Crippen molar-refractivity contribution in [3.05, 3.63) is 59.9 Å². The van der Waals surface area contributed by atoms with Gasteiger partial charge in [-0.15, -0.1) is 0 Å². The van der Waals surface area contributed by atoms with Gasteiger partial charge in [0.2, 0.25) is 0 Å². The summed E-state index contributed by atoms with van der Waals surface area (Å²) < 4.78 is 12.1. The second-order valence-electron chi connectivity index (χ2n) is 4.98. The summed E-state index contributed by atoms with van der Waals surface area (Å²) in [5.41, 5.74) is 9.39. The third-order valence-corrected chi connectivity index (χ3v) is 4.61. The van der Waals surface area contributed by atoms with Crippen LogP contribution in [-0.2, 0) is 23.0 Å². The van der Waals surface area contributed by atoms with E-state index >= 15 is 0 Å². The van der Waals surface area contributed by atoms with Crippen molar-refractivity contribution in [3.8, 4) is 0 Å². The lowest BCUT2D eigenvalue weighted by atomic mass is 10.2. The van der Waals surface area contributed by atoms with Gasteiger partial charge in [-0.05, 0) is 23.8 Å². The molecule has 21 heavy (non-hydrogen) atoms. The van der Waals surface area contributed by atoms with E-state index in [1.165, 1.54) is 0 Å². The standard InChI is InChI=1S/C16H17N3OS/c17-13-6-7-14-15(10-13)19-16(18-14)8-9-21(20)11-12-4-2-1-3-5-12/h1-7,10H,8-9,11,17H2,(H,18,19). The van der Waals surface area contributed by atoms with Crippen LogP contribution in [0.3, 0.4) is 0 Å². The molecule has 0 fully saturated rings. The Kier molecular flexibility index (Phi) is 4.01. The molecule has 0 radical (unpaired) electrons. The van der Waals surface area contributed by atoms with Crippen LogP contribution in [0.15, 0.2) is 48.5 Å². The van der Waals surface area contributed by atoms with Gasteiger partial charge in [0.25, 0.3) is 0 Å². The smallest absolute Gasteiger partial charge is 0.108 e. The second-order valence-corrected chi connectivity index (χ2v) is 6.56. The highest BCUT2D eigenvalue weighted by atomic mass is 32.2. The van der Waals surface area contributed by atoms with Crippen LogP contribution in [0.25, 0.3) is 11.0 Å². The molecule has 108 valence electrons. The summed E-state index contributed by atoms with van der Waals surface area (Å²) in [4.78, 5) is 7.72. The van der Waals surface area contributed by atoms with Crippen molar-refractivity contribution >= 4 is 27.5 Å². The number of H-pyrrole nitrogens is 1. The first kappa shape index (κ1) is 13.8. The van der Waals surface area contributed by atoms with Gasteiger partial charge in [-0.3, -0.25) is 4.21 Å². The molecule has 3 aromatic rings. The Morgan fingerprint density at radius 2 is 1.95 bits per heavy atom. The maximum atomic E-state index is 12.1. The summed E-state index contributed by atoms with van der Waals surface area (Å²) in [5, 5.41) is 0. The van der Waals surface area contributed by atoms with E-state index < -0.39 is 10.8 Å². The Balaban J connectivity index is 1.62. The second kappa shape index (κ2) is 6.10. The van der Waals surface area contributed by atoms with Crippen LogP contribution in [0, 0.1) is 0 Å². The SMILES string of the molecule is Nc1ccc2nc(CCS(=O)Cc3ccccc3)[nH]c2c1. The molecule has 3 rings (SSSR count). The summed E-state index contributed by atoms with van der Waals surface area (Å²) in [5.74, 6) is 2.05. The maximum Gasteiger partial charge on any atom is 0.108 e. The first-order chi connectivity index (χ1) is 10.2. The number of anilines is 1. The monoisotopic (exact) mass is 299 g/mol. The average molecular weight is 299 g/mol. The molecule has 2 aromatic carbocycles. The predicted molar refractivity (Wildman–Crippen MR) is 87.4 cm³/mol. The minimum Gasteiger partial charge on any atom is -0.399 e. The van der Waals surface area contributed by atoms with E-state index in [9.17, 15) is 4.21 Å². The van der Waals surface area contributed by atoms with E-state index in [1.54, 1.807) is 0 Å². The molecule has 0 aliphatic heterocycles. The minimum absolute atomic E-state index is 0.591. The fourth-order valence-corrected chi connectivity index (χ4v) is 3.37. The molecule has 0 spiro atoms. The highest BCUT2D eigenvalue weighted by Crippen LogP contribution is 2.15. The number of hydrogen-bond donors (Lipinski definition) is 2. The molecular weight excluding hydrogens is 282 g/mol. The predicted octanol–water partition coefficient (Wildman–Crippen LogP) is 2.64. The van der Waals surface area contributed by atoms with Crippen LogP contribution < -0.4 is 5.73 Å². The Morgan fingerprint density at radius 3 is 2.76 bits per heavy atom. The number of imidazole rings is 1. The van der Waals surface area contributed by atoms with E-state index in [1.807, 2.05) is 48.5 Å². The molecule has 0 aliphatic rings. The molecule has 5 heteroatoms. The zero-order chi connectivity index (χ0) is 14.7. The van der Waals surface area contributed by atoms with Crippen LogP contribution in [0.4, 0.5) is 5.69 Å². The Hall–Kier alpha value is -2.14. The van der Waals surface area contributed by atoms with Crippen LogP contribution >= 0.6 is 0 Å². The topological polar surface area (TPSA) is 71.8 Å². The fourth-order valence-electron chi connectivity index (χ4n) is 2.24. The van der Waals surface area contributed by atoms with Gasteiger partial charge < -0.3 is 10.7 Å². The Bertz CT molecular complexity index is 768. The van der Waals surface area contributed by atoms with Crippen molar-refractivity contribution < 1.29 is 4.21 Å². The lowest BCUT2D eigenvalue weighted by Gasteiger charge is -2.01. The van der Waals surface area contributed by atoms with E-state index in [4.69, 9.17) is 5.73 Å². The van der Waals surface area contributed by atoms with Crippen molar-refractivity contribution in [3.63, 3.8) is 0 Å². The van der Waals surface area contributed by atoms with E-state index in [-0.39, 0.29) is 0 Å². The number of fused-ring (bicyclic) bond motifs is 1. The van der Waals surface area contributed by atoms with E-state index in [2.05, 4.69) is 9.97 Å². The van der Waals surface area contributed by atoms with Gasteiger partial charge in [0, 0.05) is 34.4 Å². The molecule has 0 amide bonds. The lowest BCUT2D eigenvalue weighted by molar-refractivity contribution is 0.681. The molecule has 0 saturated heterocycles. The van der Waals surface area contributed by atoms with Gasteiger partial charge in [0.1, 0.15) is 5.82 Å². The van der Waals surface area contributed by atoms with Crippen molar-refractivity contribution in [2.45, 2.75) is 12.2 Å². The molecule has 3 N–H and O–H groups in total. The van der Waals surface area contributed by atoms with Gasteiger partial charge in [-0.25, -0.2) is 4.98 Å². The molecule has 0 bridgehead atoms. The lowest BCUT2D eigenvalue weighted by Crippen LogP contribution is -2.04. The number of hydrogen-bond acceptors (Lipinski definition) is 3. The molecular formula is C16H17N3OS. The van der Waals surface area contributed by atoms with Gasteiger partial charge in [-0.2, -0.15) is 0 Å². The highest BCUT2D eigenvalue weighted by Gasteiger charge is 2.06. The summed E-state index contributed by atoms with van der Waals surface area (Å²) >= 11 is 0. The van der Waals surface area contributed by atoms with Gasteiger partial charge >= 0.3 is 0 Å². The quantitative estimate of drug-likeness (QED) is 0.711. The number of nitrogens with two attached hydrogens (primary N) is 1. The Labute approximate surface area is 125 Å². The number of aromatic nitrogens is 2. The third-order valence-electron chi connectivity index (χ3n) is 3.29. The summed E-state index contributed by atoms with van der Waals surface area (Å²) in [7, 11) is -0.882. The van der Waals surface area contributed by atoms with Crippen molar-refractivity contribution in [2.75, 3.05) is 11.5 Å². The zero-order valence-electron chi connectivity index (χ0n) is 11.6. The van der Waals surface area contributed by atoms with Crippen LogP contribution in [0.2, 0.25) is 0 Å². The molecule has 0 aliphatic carbocycles. The normalized spacial score (nSPS) is 12.6. The average Bonchev–Trinajstić information content (AvgIpc) is 2.88. The van der Waals surface area contributed by atoms with Crippen molar-refractivity contribution in [2.24, 2.45) is 0 Å². The highest BCUT2D eigenvalue weighted by molar-refractivity contribution is 7.84. The van der Waals surface area contributed by atoms with Crippen molar-refractivity contribution in [1.29, 1.82) is 0 Å².